The molecule has 0 unspecified atom stereocenters. The summed E-state index contributed by atoms with van der Waals surface area (Å²) in [6.07, 6.45) is 7.38. The van der Waals surface area contributed by atoms with Gasteiger partial charge in [-0.2, -0.15) is 11.8 Å². The van der Waals surface area contributed by atoms with Gasteiger partial charge in [-0.05, 0) is 49.6 Å². The number of benzene rings is 1. The molecule has 0 atom stereocenters. The van der Waals surface area contributed by atoms with Crippen LogP contribution >= 0.6 is 11.8 Å². The molecule has 4 nitrogen and oxygen atoms in total. The monoisotopic (exact) mass is 308 g/mol. The zero-order valence-electron chi connectivity index (χ0n) is 12.5. The van der Waals surface area contributed by atoms with Crippen molar-refractivity contribution in [2.24, 2.45) is 5.73 Å². The van der Waals surface area contributed by atoms with Crippen molar-refractivity contribution >= 4 is 17.7 Å². The van der Waals surface area contributed by atoms with Crippen molar-refractivity contribution in [2.75, 3.05) is 12.9 Å². The third kappa shape index (κ3) is 5.59. The van der Waals surface area contributed by atoms with Gasteiger partial charge in [0.25, 0.3) is 5.91 Å². The van der Waals surface area contributed by atoms with E-state index in [1.54, 1.807) is 0 Å². The normalized spacial score (nSPS) is 22.0. The Kier molecular flexibility index (Phi) is 6.39. The van der Waals surface area contributed by atoms with Crippen molar-refractivity contribution < 1.29 is 9.53 Å². The van der Waals surface area contributed by atoms with Crippen LogP contribution in [0.1, 0.15) is 31.2 Å². The van der Waals surface area contributed by atoms with Gasteiger partial charge in [-0.15, -0.1) is 0 Å². The lowest BCUT2D eigenvalue weighted by Gasteiger charge is -2.28. The van der Waals surface area contributed by atoms with Gasteiger partial charge in [0.15, 0.2) is 6.61 Å². The Morgan fingerprint density at radius 3 is 2.52 bits per heavy atom. The van der Waals surface area contributed by atoms with E-state index in [1.807, 2.05) is 36.0 Å². The zero-order chi connectivity index (χ0) is 15.1. The fraction of sp³-hybridized carbons (Fsp3) is 0.562. The highest BCUT2D eigenvalue weighted by atomic mass is 32.2. The van der Waals surface area contributed by atoms with Crippen LogP contribution in [0.4, 0.5) is 0 Å². The Morgan fingerprint density at radius 1 is 1.29 bits per heavy atom. The van der Waals surface area contributed by atoms with E-state index in [0.717, 1.165) is 11.8 Å². The number of thioether (sulfide) groups is 1. The topological polar surface area (TPSA) is 64.3 Å². The minimum Gasteiger partial charge on any atom is -0.484 e. The van der Waals surface area contributed by atoms with Crippen LogP contribution in [-0.2, 0) is 11.3 Å². The fourth-order valence-electron chi connectivity index (χ4n) is 2.62. The standard InChI is InChI=1S/C16H24N2O2S/c1-21-15-8-4-13(5-9-15)18-10-12-2-6-14(7-3-12)20-11-16(17)19/h2-3,6-7,13,15,18H,4-5,8-11H2,1H3,(H2,17,19). The molecule has 1 aromatic rings. The van der Waals surface area contributed by atoms with E-state index < -0.39 is 5.91 Å². The molecule has 1 fully saturated rings. The fourth-order valence-corrected chi connectivity index (χ4v) is 3.37. The smallest absolute Gasteiger partial charge is 0.255 e. The predicted octanol–water partition coefficient (Wildman–Crippen LogP) is 2.31. The minimum absolute atomic E-state index is 0.0731. The number of primary amides is 1. The van der Waals surface area contributed by atoms with Crippen LogP contribution in [-0.4, -0.2) is 30.1 Å². The van der Waals surface area contributed by atoms with Crippen molar-refractivity contribution in [1.82, 2.24) is 5.32 Å². The van der Waals surface area contributed by atoms with E-state index >= 15 is 0 Å². The van der Waals surface area contributed by atoms with Gasteiger partial charge < -0.3 is 15.8 Å². The molecule has 21 heavy (non-hydrogen) atoms. The first kappa shape index (κ1) is 16.2. The van der Waals surface area contributed by atoms with Crippen LogP contribution in [0, 0.1) is 0 Å². The van der Waals surface area contributed by atoms with Gasteiger partial charge >= 0.3 is 0 Å². The van der Waals surface area contributed by atoms with Gasteiger partial charge in [0, 0.05) is 17.8 Å². The summed E-state index contributed by atoms with van der Waals surface area (Å²) in [5.74, 6) is 0.222. The number of amides is 1. The maximum atomic E-state index is 10.6. The van der Waals surface area contributed by atoms with Gasteiger partial charge in [0.1, 0.15) is 5.75 Å². The second-order valence-corrected chi connectivity index (χ2v) is 6.63. The van der Waals surface area contributed by atoms with Gasteiger partial charge in [-0.25, -0.2) is 0 Å². The molecular formula is C16H24N2O2S. The Hall–Kier alpha value is -1.20. The number of nitrogens with two attached hydrogens (primary N) is 1. The number of carbonyl (C=O) groups is 1. The van der Waals surface area contributed by atoms with E-state index in [1.165, 1.54) is 31.2 Å². The van der Waals surface area contributed by atoms with Crippen LogP contribution in [0.15, 0.2) is 24.3 Å². The summed E-state index contributed by atoms with van der Waals surface area (Å²) in [6, 6.07) is 8.45. The molecule has 116 valence electrons. The van der Waals surface area contributed by atoms with E-state index in [2.05, 4.69) is 11.6 Å². The average molecular weight is 308 g/mol. The average Bonchev–Trinajstić information content (AvgIpc) is 2.52. The summed E-state index contributed by atoms with van der Waals surface area (Å²) in [7, 11) is 0. The molecule has 1 aliphatic carbocycles. The largest absolute Gasteiger partial charge is 0.484 e. The van der Waals surface area contributed by atoms with Crippen LogP contribution in [0.3, 0.4) is 0 Å². The maximum Gasteiger partial charge on any atom is 0.255 e. The van der Waals surface area contributed by atoms with E-state index in [0.29, 0.717) is 11.8 Å². The molecule has 1 aromatic carbocycles. The molecular weight excluding hydrogens is 284 g/mol. The Morgan fingerprint density at radius 2 is 1.95 bits per heavy atom. The lowest BCUT2D eigenvalue weighted by atomic mass is 9.95. The van der Waals surface area contributed by atoms with Crippen LogP contribution in [0.25, 0.3) is 0 Å². The van der Waals surface area contributed by atoms with E-state index in [4.69, 9.17) is 10.5 Å². The predicted molar refractivity (Wildman–Crippen MR) is 87.5 cm³/mol. The maximum absolute atomic E-state index is 10.6. The summed E-state index contributed by atoms with van der Waals surface area (Å²) in [6.45, 7) is 0.807. The van der Waals surface area contributed by atoms with Gasteiger partial charge in [-0.1, -0.05) is 12.1 Å². The summed E-state index contributed by atoms with van der Waals surface area (Å²) in [5, 5.41) is 4.48. The first-order valence-electron chi connectivity index (χ1n) is 7.43. The van der Waals surface area contributed by atoms with Gasteiger partial charge in [-0.3, -0.25) is 4.79 Å². The highest BCUT2D eigenvalue weighted by Crippen LogP contribution is 2.27. The Balaban J connectivity index is 1.72. The zero-order valence-corrected chi connectivity index (χ0v) is 13.3. The summed E-state index contributed by atoms with van der Waals surface area (Å²) < 4.78 is 5.24. The molecule has 1 saturated carbocycles. The molecule has 0 saturated heterocycles. The summed E-state index contributed by atoms with van der Waals surface area (Å²) in [4.78, 5) is 10.6. The molecule has 2 rings (SSSR count). The third-order valence-electron chi connectivity index (χ3n) is 3.91. The SMILES string of the molecule is CSC1CCC(NCc2ccc(OCC(N)=O)cc2)CC1. The quantitative estimate of drug-likeness (QED) is 0.811. The third-order valence-corrected chi connectivity index (χ3v) is 5.04. The molecule has 0 radical (unpaired) electrons. The summed E-state index contributed by atoms with van der Waals surface area (Å²) >= 11 is 2.00. The second kappa shape index (κ2) is 8.29. The molecule has 0 aliphatic heterocycles. The minimum atomic E-state index is -0.457. The molecule has 0 aromatic heterocycles. The van der Waals surface area contributed by atoms with Crippen LogP contribution in [0.2, 0.25) is 0 Å². The van der Waals surface area contributed by atoms with Crippen molar-refractivity contribution in [3.63, 3.8) is 0 Å². The van der Waals surface area contributed by atoms with E-state index in [9.17, 15) is 4.79 Å². The lowest BCUT2D eigenvalue weighted by molar-refractivity contribution is -0.119. The van der Waals surface area contributed by atoms with Gasteiger partial charge in [0.05, 0.1) is 0 Å². The molecule has 3 N–H and O–H groups in total. The number of carbonyl (C=O) groups excluding carboxylic acids is 1. The second-order valence-electron chi connectivity index (χ2n) is 5.49. The highest BCUT2D eigenvalue weighted by molar-refractivity contribution is 7.99. The first-order valence-corrected chi connectivity index (χ1v) is 8.72. The number of ether oxygens (including phenoxy) is 1. The lowest BCUT2D eigenvalue weighted by Crippen LogP contribution is -2.33. The van der Waals surface area contributed by atoms with E-state index in [-0.39, 0.29) is 6.61 Å². The molecule has 1 amide bonds. The number of hydrogen-bond acceptors (Lipinski definition) is 4. The van der Waals surface area contributed by atoms with Crippen molar-refractivity contribution in [3.05, 3.63) is 29.8 Å². The van der Waals surface area contributed by atoms with Crippen LogP contribution < -0.4 is 15.8 Å². The summed E-state index contributed by atoms with van der Waals surface area (Å²) in [5.41, 5.74) is 6.27. The number of rotatable bonds is 7. The van der Waals surface area contributed by atoms with Gasteiger partial charge in [0.2, 0.25) is 0 Å². The molecule has 5 heteroatoms. The Bertz CT molecular complexity index is 442. The molecule has 0 bridgehead atoms. The van der Waals surface area contributed by atoms with Crippen LogP contribution in [0.5, 0.6) is 5.75 Å². The van der Waals surface area contributed by atoms with Crippen molar-refractivity contribution in [2.45, 2.75) is 43.5 Å². The molecule has 1 aliphatic rings. The molecule has 0 heterocycles. The first-order chi connectivity index (χ1) is 10.2. The van der Waals surface area contributed by atoms with Crippen molar-refractivity contribution in [1.29, 1.82) is 0 Å². The molecule has 0 spiro atoms. The van der Waals surface area contributed by atoms with Crippen molar-refractivity contribution in [3.8, 4) is 5.75 Å². The number of hydrogen-bond donors (Lipinski definition) is 2. The Labute approximate surface area is 130 Å². The highest BCUT2D eigenvalue weighted by Gasteiger charge is 2.19. The number of nitrogens with one attached hydrogen (secondary N) is 1.